The van der Waals surface area contributed by atoms with E-state index in [0.29, 0.717) is 24.5 Å². The lowest BCUT2D eigenvalue weighted by atomic mass is 9.94. The summed E-state index contributed by atoms with van der Waals surface area (Å²) < 4.78 is 5.60. The average molecular weight is 437 g/mol. The van der Waals surface area contributed by atoms with Crippen molar-refractivity contribution in [1.82, 2.24) is 9.80 Å². The fourth-order valence-electron chi connectivity index (χ4n) is 3.85. The molecule has 0 spiro atoms. The summed E-state index contributed by atoms with van der Waals surface area (Å²) in [5, 5.41) is 11.1. The van der Waals surface area contributed by atoms with Crippen LogP contribution in [0.3, 0.4) is 0 Å². The number of aliphatic hydroxyl groups excluding tert-OH is 1. The molecule has 32 heavy (non-hydrogen) atoms. The largest absolute Gasteiger partial charge is 0.507 e. The lowest BCUT2D eigenvalue weighted by Gasteiger charge is -2.26. The van der Waals surface area contributed by atoms with Gasteiger partial charge in [0.15, 0.2) is 0 Å². The SMILES string of the molecule is CCCOc1ccc(C(O)=C2C(=O)C(=O)N(CCCN(C)C)[C@@H]2c2ccc(C)cc2)cc1. The molecule has 2 aromatic carbocycles. The molecule has 170 valence electrons. The number of aryl methyl sites for hydroxylation is 1. The lowest BCUT2D eigenvalue weighted by Crippen LogP contribution is -2.32. The Hall–Kier alpha value is -3.12. The van der Waals surface area contributed by atoms with Crippen LogP contribution in [0.15, 0.2) is 54.1 Å². The molecule has 6 nitrogen and oxygen atoms in total. The Morgan fingerprint density at radius 3 is 2.31 bits per heavy atom. The molecule has 1 N–H and O–H groups in total. The zero-order valence-electron chi connectivity index (χ0n) is 19.3. The molecule has 0 bridgehead atoms. The maximum atomic E-state index is 13.0. The molecule has 1 fully saturated rings. The highest BCUT2D eigenvalue weighted by molar-refractivity contribution is 6.46. The van der Waals surface area contributed by atoms with Crippen LogP contribution in [0.25, 0.3) is 5.76 Å². The number of nitrogens with zero attached hydrogens (tertiary/aromatic N) is 2. The van der Waals surface area contributed by atoms with Gasteiger partial charge in [0.05, 0.1) is 18.2 Å². The Labute approximate surface area is 190 Å². The molecule has 3 rings (SSSR count). The van der Waals surface area contributed by atoms with Crippen LogP contribution in [-0.2, 0) is 9.59 Å². The Bertz CT molecular complexity index is 978. The van der Waals surface area contributed by atoms with Crippen LogP contribution >= 0.6 is 0 Å². The van der Waals surface area contributed by atoms with Crippen LogP contribution in [-0.4, -0.2) is 60.4 Å². The van der Waals surface area contributed by atoms with Crippen molar-refractivity contribution in [3.8, 4) is 5.75 Å². The van der Waals surface area contributed by atoms with Crippen LogP contribution in [0, 0.1) is 6.92 Å². The minimum absolute atomic E-state index is 0.130. The zero-order valence-corrected chi connectivity index (χ0v) is 19.3. The first kappa shape index (κ1) is 23.5. The lowest BCUT2D eigenvalue weighted by molar-refractivity contribution is -0.139. The Morgan fingerprint density at radius 2 is 1.72 bits per heavy atom. The molecule has 6 heteroatoms. The van der Waals surface area contributed by atoms with E-state index in [1.54, 1.807) is 29.2 Å². The Morgan fingerprint density at radius 1 is 1.06 bits per heavy atom. The molecule has 0 unspecified atom stereocenters. The molecule has 1 atom stereocenters. The smallest absolute Gasteiger partial charge is 0.295 e. The van der Waals surface area contributed by atoms with Crippen molar-refractivity contribution in [2.24, 2.45) is 0 Å². The van der Waals surface area contributed by atoms with Gasteiger partial charge in [0.2, 0.25) is 0 Å². The number of carbonyl (C=O) groups excluding carboxylic acids is 2. The quantitative estimate of drug-likeness (QED) is 0.363. The molecule has 1 aliphatic rings. The molecular formula is C26H32N2O4. The Balaban J connectivity index is 2.01. The van der Waals surface area contributed by atoms with Crippen molar-refractivity contribution in [3.63, 3.8) is 0 Å². The van der Waals surface area contributed by atoms with Gasteiger partial charge in [-0.15, -0.1) is 0 Å². The van der Waals surface area contributed by atoms with Gasteiger partial charge in [-0.2, -0.15) is 0 Å². The molecular weight excluding hydrogens is 404 g/mol. The fraction of sp³-hybridized carbons (Fsp3) is 0.385. The summed E-state index contributed by atoms with van der Waals surface area (Å²) in [6.07, 6.45) is 1.63. The molecule has 1 amide bonds. The minimum Gasteiger partial charge on any atom is -0.507 e. The van der Waals surface area contributed by atoms with Gasteiger partial charge in [-0.05, 0) is 70.2 Å². The third kappa shape index (κ3) is 5.19. The number of ether oxygens (including phenoxy) is 1. The number of ketones is 1. The maximum absolute atomic E-state index is 13.0. The van der Waals surface area contributed by atoms with Crippen molar-refractivity contribution < 1.29 is 19.4 Å². The summed E-state index contributed by atoms with van der Waals surface area (Å²) in [6, 6.07) is 14.1. The van der Waals surface area contributed by atoms with E-state index in [4.69, 9.17) is 4.74 Å². The second-order valence-electron chi connectivity index (χ2n) is 8.43. The van der Waals surface area contributed by atoms with Gasteiger partial charge < -0.3 is 19.6 Å². The molecule has 1 aliphatic heterocycles. The van der Waals surface area contributed by atoms with Crippen molar-refractivity contribution in [1.29, 1.82) is 0 Å². The standard InChI is InChI=1S/C26H32N2O4/c1-5-17-32-21-13-11-20(12-14-21)24(29)22-23(19-9-7-18(2)8-10-19)28(26(31)25(22)30)16-6-15-27(3)4/h7-14,23,29H,5-6,15-17H2,1-4H3/t23-/m1/s1. The molecule has 0 saturated carbocycles. The second-order valence-corrected chi connectivity index (χ2v) is 8.43. The van der Waals surface area contributed by atoms with Crippen molar-refractivity contribution in [2.45, 2.75) is 32.7 Å². The predicted molar refractivity (Wildman–Crippen MR) is 126 cm³/mol. The second kappa shape index (κ2) is 10.5. The van der Waals surface area contributed by atoms with Crippen molar-refractivity contribution >= 4 is 17.4 Å². The van der Waals surface area contributed by atoms with E-state index >= 15 is 0 Å². The van der Waals surface area contributed by atoms with E-state index in [-0.39, 0.29) is 11.3 Å². The number of Topliss-reactive ketones (excluding diaryl/α,β-unsaturated/α-hetero) is 1. The molecule has 0 aliphatic carbocycles. The summed E-state index contributed by atoms with van der Waals surface area (Å²) in [4.78, 5) is 29.6. The van der Waals surface area contributed by atoms with Crippen LogP contribution in [0.4, 0.5) is 0 Å². The number of aliphatic hydroxyl groups is 1. The van der Waals surface area contributed by atoms with Crippen molar-refractivity contribution in [3.05, 3.63) is 70.8 Å². The summed E-state index contributed by atoms with van der Waals surface area (Å²) >= 11 is 0. The number of amides is 1. The van der Waals surface area contributed by atoms with Gasteiger partial charge in [0, 0.05) is 12.1 Å². The summed E-state index contributed by atoms with van der Waals surface area (Å²) in [5.41, 5.74) is 2.51. The highest BCUT2D eigenvalue weighted by Gasteiger charge is 2.45. The van der Waals surface area contributed by atoms with Crippen LogP contribution in [0.2, 0.25) is 0 Å². The number of rotatable bonds is 9. The van der Waals surface area contributed by atoms with Crippen molar-refractivity contribution in [2.75, 3.05) is 33.8 Å². The van der Waals surface area contributed by atoms with E-state index in [1.165, 1.54) is 0 Å². The number of likely N-dealkylation sites (tertiary alicyclic amines) is 1. The van der Waals surface area contributed by atoms with Gasteiger partial charge in [0.25, 0.3) is 11.7 Å². The van der Waals surface area contributed by atoms with Gasteiger partial charge in [0.1, 0.15) is 11.5 Å². The number of benzene rings is 2. The number of hydrogen-bond donors (Lipinski definition) is 1. The summed E-state index contributed by atoms with van der Waals surface area (Å²) in [7, 11) is 3.94. The molecule has 0 aromatic heterocycles. The van der Waals surface area contributed by atoms with Gasteiger partial charge in [-0.3, -0.25) is 9.59 Å². The topological polar surface area (TPSA) is 70.1 Å². The first-order valence-electron chi connectivity index (χ1n) is 11.1. The highest BCUT2D eigenvalue weighted by Crippen LogP contribution is 2.39. The summed E-state index contributed by atoms with van der Waals surface area (Å²) in [5.74, 6) is -0.684. The van der Waals surface area contributed by atoms with Crippen LogP contribution in [0.1, 0.15) is 42.5 Å². The van der Waals surface area contributed by atoms with E-state index in [1.807, 2.05) is 57.1 Å². The number of hydrogen-bond acceptors (Lipinski definition) is 5. The Kier molecular flexibility index (Phi) is 7.70. The van der Waals surface area contributed by atoms with Gasteiger partial charge >= 0.3 is 0 Å². The first-order chi connectivity index (χ1) is 15.3. The normalized spacial score (nSPS) is 17.9. The fourth-order valence-corrected chi connectivity index (χ4v) is 3.85. The van der Waals surface area contributed by atoms with Crippen LogP contribution < -0.4 is 4.74 Å². The molecule has 0 radical (unpaired) electrons. The number of carbonyl (C=O) groups is 2. The predicted octanol–water partition coefficient (Wildman–Crippen LogP) is 4.16. The zero-order chi connectivity index (χ0) is 23.3. The molecule has 1 saturated heterocycles. The molecule has 1 heterocycles. The third-order valence-electron chi connectivity index (χ3n) is 5.54. The minimum atomic E-state index is -0.649. The summed E-state index contributed by atoms with van der Waals surface area (Å²) in [6.45, 7) is 5.85. The van der Waals surface area contributed by atoms with Gasteiger partial charge in [-0.1, -0.05) is 36.8 Å². The van der Waals surface area contributed by atoms with E-state index in [2.05, 4.69) is 0 Å². The van der Waals surface area contributed by atoms with E-state index in [0.717, 1.165) is 30.5 Å². The van der Waals surface area contributed by atoms with Crippen LogP contribution in [0.5, 0.6) is 5.75 Å². The third-order valence-corrected chi connectivity index (χ3v) is 5.54. The first-order valence-corrected chi connectivity index (χ1v) is 11.1. The monoisotopic (exact) mass is 436 g/mol. The molecule has 2 aromatic rings. The highest BCUT2D eigenvalue weighted by atomic mass is 16.5. The van der Waals surface area contributed by atoms with E-state index in [9.17, 15) is 14.7 Å². The maximum Gasteiger partial charge on any atom is 0.295 e. The van der Waals surface area contributed by atoms with Gasteiger partial charge in [-0.25, -0.2) is 0 Å². The van der Waals surface area contributed by atoms with E-state index < -0.39 is 17.7 Å². The average Bonchev–Trinajstić information content (AvgIpc) is 3.03.